The molecule has 0 spiro atoms. The number of methoxy groups -OCH3 is 1. The predicted octanol–water partition coefficient (Wildman–Crippen LogP) is 3.41. The molecule has 2 fully saturated rings. The largest absolute Gasteiger partial charge is 0.379 e. The summed E-state index contributed by atoms with van der Waals surface area (Å²) < 4.78 is 18.0. The van der Waals surface area contributed by atoms with E-state index >= 15 is 0 Å². The molecule has 7 nitrogen and oxygen atoms in total. The third kappa shape index (κ3) is 6.40. The first kappa shape index (κ1) is 24.8. The highest BCUT2D eigenvalue weighted by Crippen LogP contribution is 2.37. The number of hydrogen-bond acceptors (Lipinski definition) is 6. The molecule has 2 N–H and O–H groups in total. The SMILES string of the molecule is COCc1cnc(C2CCC(N3CC[C@@H](NC(=O)CNC(=O)c4cccc(CF)c4)C3)CC2)s1. The third-order valence-electron chi connectivity index (χ3n) is 6.76. The van der Waals surface area contributed by atoms with Gasteiger partial charge in [0.1, 0.15) is 6.67 Å². The Balaban J connectivity index is 1.17. The van der Waals surface area contributed by atoms with Crippen LogP contribution in [0.3, 0.4) is 0 Å². The third-order valence-corrected chi connectivity index (χ3v) is 7.89. The zero-order valence-electron chi connectivity index (χ0n) is 19.6. The van der Waals surface area contributed by atoms with Gasteiger partial charge >= 0.3 is 0 Å². The highest BCUT2D eigenvalue weighted by atomic mass is 32.1. The van der Waals surface area contributed by atoms with Gasteiger partial charge in [-0.2, -0.15) is 0 Å². The summed E-state index contributed by atoms with van der Waals surface area (Å²) in [6.07, 6.45) is 7.45. The van der Waals surface area contributed by atoms with Crippen molar-refractivity contribution >= 4 is 23.2 Å². The van der Waals surface area contributed by atoms with Gasteiger partial charge in [0.15, 0.2) is 0 Å². The summed E-state index contributed by atoms with van der Waals surface area (Å²) in [5, 5.41) is 6.91. The average molecular weight is 489 g/mol. The van der Waals surface area contributed by atoms with Gasteiger partial charge in [-0.1, -0.05) is 12.1 Å². The number of nitrogens with zero attached hydrogens (tertiary/aromatic N) is 2. The Morgan fingerprint density at radius 3 is 2.82 bits per heavy atom. The van der Waals surface area contributed by atoms with Crippen LogP contribution in [0.4, 0.5) is 4.39 Å². The lowest BCUT2D eigenvalue weighted by molar-refractivity contribution is -0.120. The van der Waals surface area contributed by atoms with Crippen molar-refractivity contribution in [1.82, 2.24) is 20.5 Å². The van der Waals surface area contributed by atoms with E-state index in [4.69, 9.17) is 4.74 Å². The van der Waals surface area contributed by atoms with Crippen LogP contribution in [0.5, 0.6) is 0 Å². The van der Waals surface area contributed by atoms with Crippen LogP contribution in [0.25, 0.3) is 0 Å². The van der Waals surface area contributed by atoms with Gasteiger partial charge in [0.05, 0.1) is 23.0 Å². The van der Waals surface area contributed by atoms with E-state index < -0.39 is 6.67 Å². The smallest absolute Gasteiger partial charge is 0.251 e. The lowest BCUT2D eigenvalue weighted by Crippen LogP contribution is -2.44. The van der Waals surface area contributed by atoms with Crippen molar-refractivity contribution in [2.24, 2.45) is 0 Å². The number of thiazole rings is 1. The van der Waals surface area contributed by atoms with Crippen LogP contribution < -0.4 is 10.6 Å². The number of benzene rings is 1. The van der Waals surface area contributed by atoms with E-state index in [0.717, 1.165) is 45.2 Å². The number of amides is 2. The maximum atomic E-state index is 12.8. The lowest BCUT2D eigenvalue weighted by atomic mass is 9.86. The minimum atomic E-state index is -0.623. The van der Waals surface area contributed by atoms with E-state index in [-0.39, 0.29) is 24.4 Å². The summed E-state index contributed by atoms with van der Waals surface area (Å²) in [6, 6.07) is 7.04. The Kier molecular flexibility index (Phi) is 8.64. The molecular weight excluding hydrogens is 455 g/mol. The maximum Gasteiger partial charge on any atom is 0.251 e. The highest BCUT2D eigenvalue weighted by Gasteiger charge is 2.33. The van der Waals surface area contributed by atoms with Gasteiger partial charge in [0.25, 0.3) is 5.91 Å². The molecule has 1 aliphatic heterocycles. The number of likely N-dealkylation sites (tertiary alicyclic amines) is 1. The molecule has 1 saturated carbocycles. The first-order valence-electron chi connectivity index (χ1n) is 12.0. The molecule has 4 rings (SSSR count). The number of aromatic nitrogens is 1. The molecule has 0 unspecified atom stereocenters. The van der Waals surface area contributed by atoms with Gasteiger partial charge < -0.3 is 15.4 Å². The number of carbonyl (C=O) groups is 2. The topological polar surface area (TPSA) is 83.6 Å². The maximum absolute atomic E-state index is 12.8. The molecule has 0 radical (unpaired) electrons. The first-order chi connectivity index (χ1) is 16.6. The molecule has 2 amide bonds. The molecule has 1 aromatic heterocycles. The quantitative estimate of drug-likeness (QED) is 0.565. The average Bonchev–Trinajstić information content (AvgIpc) is 3.53. The minimum absolute atomic E-state index is 0.0842. The molecule has 2 aliphatic rings. The molecular formula is C25H33FN4O3S. The Morgan fingerprint density at radius 2 is 2.06 bits per heavy atom. The fraction of sp³-hybridized carbons (Fsp3) is 0.560. The van der Waals surface area contributed by atoms with Gasteiger partial charge in [-0.3, -0.25) is 14.5 Å². The molecule has 184 valence electrons. The van der Waals surface area contributed by atoms with E-state index in [1.165, 1.54) is 16.0 Å². The van der Waals surface area contributed by atoms with Crippen LogP contribution in [0, 0.1) is 0 Å². The summed E-state index contributed by atoms with van der Waals surface area (Å²) in [5.74, 6) is -0.0230. The van der Waals surface area contributed by atoms with Gasteiger partial charge in [-0.05, 0) is 49.8 Å². The van der Waals surface area contributed by atoms with Crippen molar-refractivity contribution in [1.29, 1.82) is 0 Å². The molecule has 1 saturated heterocycles. The molecule has 34 heavy (non-hydrogen) atoms. The molecule has 2 aromatic rings. The Bertz CT molecular complexity index is 977. The molecule has 1 aromatic carbocycles. The Morgan fingerprint density at radius 1 is 1.24 bits per heavy atom. The number of halogens is 1. The van der Waals surface area contributed by atoms with Gasteiger partial charge in [-0.25, -0.2) is 9.37 Å². The van der Waals surface area contributed by atoms with E-state index in [0.29, 0.717) is 29.7 Å². The minimum Gasteiger partial charge on any atom is -0.379 e. The second-order valence-electron chi connectivity index (χ2n) is 9.17. The van der Waals surface area contributed by atoms with Crippen LogP contribution in [0.2, 0.25) is 0 Å². The summed E-state index contributed by atoms with van der Waals surface area (Å²) >= 11 is 1.77. The fourth-order valence-corrected chi connectivity index (χ4v) is 6.04. The monoisotopic (exact) mass is 488 g/mol. The van der Waals surface area contributed by atoms with Crippen molar-refractivity contribution in [3.05, 3.63) is 51.5 Å². The fourth-order valence-electron chi connectivity index (χ4n) is 4.98. The lowest BCUT2D eigenvalue weighted by Gasteiger charge is -2.34. The Labute approximate surface area is 204 Å². The van der Waals surface area contributed by atoms with Crippen molar-refractivity contribution in [3.63, 3.8) is 0 Å². The van der Waals surface area contributed by atoms with E-state index in [1.54, 1.807) is 36.6 Å². The highest BCUT2D eigenvalue weighted by molar-refractivity contribution is 7.11. The van der Waals surface area contributed by atoms with Crippen LogP contribution >= 0.6 is 11.3 Å². The molecule has 9 heteroatoms. The molecule has 1 atom stereocenters. The number of rotatable bonds is 9. The number of carbonyl (C=O) groups excluding carboxylic acids is 2. The van der Waals surface area contributed by atoms with Crippen molar-refractivity contribution in [2.45, 2.75) is 63.4 Å². The summed E-state index contributed by atoms with van der Waals surface area (Å²) in [7, 11) is 1.71. The van der Waals surface area contributed by atoms with Crippen molar-refractivity contribution in [3.8, 4) is 0 Å². The second-order valence-corrected chi connectivity index (χ2v) is 10.3. The van der Waals surface area contributed by atoms with E-state index in [1.807, 2.05) is 6.20 Å². The number of alkyl halides is 1. The summed E-state index contributed by atoms with van der Waals surface area (Å²) in [4.78, 5) is 32.9. The Hall–Kier alpha value is -2.36. The predicted molar refractivity (Wildman–Crippen MR) is 130 cm³/mol. The van der Waals surface area contributed by atoms with Crippen molar-refractivity contribution in [2.75, 3.05) is 26.7 Å². The standard InChI is InChI=1S/C25H33FN4O3S/c1-33-16-22-13-28-25(34-22)18-5-7-21(8-6-18)30-10-9-20(15-30)29-23(31)14-27-24(32)19-4-2-3-17(11-19)12-26/h2-4,11,13,18,20-21H,5-10,12,14-16H2,1H3,(H,27,32)(H,29,31)/t18?,20-,21?/m1/s1. The zero-order chi connectivity index (χ0) is 23.9. The zero-order valence-corrected chi connectivity index (χ0v) is 20.4. The van der Waals surface area contributed by atoms with Crippen LogP contribution in [0.15, 0.2) is 30.5 Å². The summed E-state index contributed by atoms with van der Waals surface area (Å²) in [6.45, 7) is 1.76. The van der Waals surface area contributed by atoms with Gasteiger partial charge in [0.2, 0.25) is 5.91 Å². The van der Waals surface area contributed by atoms with Crippen LogP contribution in [0.1, 0.15) is 63.8 Å². The van der Waals surface area contributed by atoms with Crippen LogP contribution in [-0.2, 0) is 22.8 Å². The normalized spacial score (nSPS) is 23.1. The van der Waals surface area contributed by atoms with E-state index in [9.17, 15) is 14.0 Å². The second kappa shape index (κ2) is 11.9. The molecule has 0 bridgehead atoms. The number of ether oxygens (including phenoxy) is 1. The molecule has 2 heterocycles. The van der Waals surface area contributed by atoms with Gasteiger partial charge in [-0.15, -0.1) is 11.3 Å². The number of nitrogens with one attached hydrogen (secondary N) is 2. The van der Waals surface area contributed by atoms with Gasteiger partial charge in [0, 0.05) is 50.0 Å². The van der Waals surface area contributed by atoms with Crippen molar-refractivity contribution < 1.29 is 18.7 Å². The molecule has 1 aliphatic carbocycles. The number of hydrogen-bond donors (Lipinski definition) is 2. The van der Waals surface area contributed by atoms with E-state index in [2.05, 4.69) is 20.5 Å². The first-order valence-corrected chi connectivity index (χ1v) is 12.8. The van der Waals surface area contributed by atoms with Crippen LogP contribution in [-0.4, -0.2) is 60.5 Å². The summed E-state index contributed by atoms with van der Waals surface area (Å²) in [5.41, 5.74) is 0.804.